The number of hydrogen-bond donors (Lipinski definition) is 0. The number of benzene rings is 1. The molecule has 0 radical (unpaired) electrons. The molecule has 122 valence electrons. The molecule has 5 nitrogen and oxygen atoms in total. The fraction of sp³-hybridized carbons (Fsp3) is 0.235. The van der Waals surface area contributed by atoms with Crippen molar-refractivity contribution in [2.24, 2.45) is 4.99 Å². The molecule has 0 saturated heterocycles. The Balaban J connectivity index is 2.09. The predicted molar refractivity (Wildman–Crippen MR) is 98.9 cm³/mol. The van der Waals surface area contributed by atoms with Crippen LogP contribution >= 0.6 is 27.3 Å². The molecule has 0 fully saturated rings. The van der Waals surface area contributed by atoms with Crippen LogP contribution in [0.5, 0.6) is 0 Å². The van der Waals surface area contributed by atoms with Crippen molar-refractivity contribution < 1.29 is 4.79 Å². The minimum atomic E-state index is -0.370. The molecule has 3 rings (SSSR count). The molecular weight excluding hydrogens is 388 g/mol. The lowest BCUT2D eigenvalue weighted by molar-refractivity contribution is 0.0992. The number of aromatic nitrogens is 3. The molecule has 0 N–H and O–H groups in total. The van der Waals surface area contributed by atoms with E-state index in [2.05, 4.69) is 31.9 Å². The normalized spacial score (nSPS) is 12.0. The average Bonchev–Trinajstić information content (AvgIpc) is 3.13. The molecule has 0 aliphatic rings. The molecule has 0 atom stereocenters. The lowest BCUT2D eigenvalue weighted by Gasteiger charge is -2.02. The van der Waals surface area contributed by atoms with Gasteiger partial charge < -0.3 is 4.57 Å². The molecule has 2 aromatic heterocycles. The maximum atomic E-state index is 12.4. The van der Waals surface area contributed by atoms with E-state index in [0.29, 0.717) is 17.0 Å². The van der Waals surface area contributed by atoms with Gasteiger partial charge in [-0.2, -0.15) is 10.1 Å². The van der Waals surface area contributed by atoms with E-state index in [0.717, 1.165) is 14.7 Å². The lowest BCUT2D eigenvalue weighted by Crippen LogP contribution is -2.16. The number of nitrogens with zero attached hydrogens (tertiary/aromatic N) is 4. The van der Waals surface area contributed by atoms with Crippen LogP contribution in [0.3, 0.4) is 0 Å². The van der Waals surface area contributed by atoms with Gasteiger partial charge in [-0.05, 0) is 38.1 Å². The first kappa shape index (κ1) is 16.7. The second-order valence-corrected chi connectivity index (χ2v) is 7.40. The topological polar surface area (TPSA) is 52.2 Å². The predicted octanol–water partition coefficient (Wildman–Crippen LogP) is 3.62. The van der Waals surface area contributed by atoms with Crippen LogP contribution in [0, 0.1) is 12.3 Å². The first-order chi connectivity index (χ1) is 11.5. The van der Waals surface area contributed by atoms with Crippen LogP contribution < -0.4 is 4.80 Å². The smallest absolute Gasteiger partial charge is 0.300 e. The fourth-order valence-electron chi connectivity index (χ4n) is 2.26. The van der Waals surface area contributed by atoms with E-state index < -0.39 is 0 Å². The number of carbonyl (C=O) groups is 1. The fourth-order valence-corrected chi connectivity index (χ4v) is 3.84. The van der Waals surface area contributed by atoms with Crippen molar-refractivity contribution in [3.63, 3.8) is 0 Å². The SMILES string of the molecule is C#CCn1c(=NC(=O)c2ccn(C(C)C)n2)sc2cc(Br)ccc21. The molecule has 7 heteroatoms. The van der Waals surface area contributed by atoms with Crippen LogP contribution in [-0.2, 0) is 6.54 Å². The van der Waals surface area contributed by atoms with E-state index in [9.17, 15) is 4.79 Å². The zero-order valence-electron chi connectivity index (χ0n) is 13.2. The summed E-state index contributed by atoms with van der Waals surface area (Å²) in [7, 11) is 0. The van der Waals surface area contributed by atoms with Crippen molar-refractivity contribution in [2.75, 3.05) is 0 Å². The standard InChI is InChI=1S/C17H15BrN4OS/c1-4-8-21-14-6-5-12(18)10-15(14)24-17(21)19-16(23)13-7-9-22(20-13)11(2)3/h1,5-7,9-11H,8H2,2-3H3. The van der Waals surface area contributed by atoms with Crippen molar-refractivity contribution in [3.05, 3.63) is 45.4 Å². The van der Waals surface area contributed by atoms with E-state index >= 15 is 0 Å². The number of hydrogen-bond acceptors (Lipinski definition) is 3. The van der Waals surface area contributed by atoms with Crippen LogP contribution in [0.1, 0.15) is 30.4 Å². The molecule has 0 unspecified atom stereocenters. The van der Waals surface area contributed by atoms with Crippen molar-refractivity contribution in [2.45, 2.75) is 26.4 Å². The van der Waals surface area contributed by atoms with Gasteiger partial charge in [0.05, 0.1) is 16.8 Å². The molecule has 0 bridgehead atoms. The largest absolute Gasteiger partial charge is 0.305 e. The van der Waals surface area contributed by atoms with E-state index in [4.69, 9.17) is 6.42 Å². The van der Waals surface area contributed by atoms with Crippen molar-refractivity contribution >= 4 is 43.4 Å². The Hall–Kier alpha value is -2.17. The monoisotopic (exact) mass is 402 g/mol. The van der Waals surface area contributed by atoms with Gasteiger partial charge in [-0.3, -0.25) is 9.48 Å². The van der Waals surface area contributed by atoms with Gasteiger partial charge in [-0.25, -0.2) is 0 Å². The second-order valence-electron chi connectivity index (χ2n) is 5.48. The number of terminal acetylenes is 1. The summed E-state index contributed by atoms with van der Waals surface area (Å²) >= 11 is 4.89. The van der Waals surface area contributed by atoms with Gasteiger partial charge in [0.1, 0.15) is 0 Å². The summed E-state index contributed by atoms with van der Waals surface area (Å²) in [6.07, 6.45) is 7.25. The maximum absolute atomic E-state index is 12.4. The third kappa shape index (κ3) is 3.21. The molecule has 0 aliphatic heterocycles. The molecule has 1 aromatic carbocycles. The van der Waals surface area contributed by atoms with E-state index in [1.165, 1.54) is 11.3 Å². The summed E-state index contributed by atoms with van der Waals surface area (Å²) in [4.78, 5) is 17.3. The maximum Gasteiger partial charge on any atom is 0.300 e. The highest BCUT2D eigenvalue weighted by molar-refractivity contribution is 9.10. The lowest BCUT2D eigenvalue weighted by atomic mass is 10.3. The van der Waals surface area contributed by atoms with Gasteiger partial charge in [-0.15, -0.1) is 6.42 Å². The van der Waals surface area contributed by atoms with E-state index in [1.807, 2.05) is 36.6 Å². The molecular formula is C17H15BrN4OS. The average molecular weight is 403 g/mol. The van der Waals surface area contributed by atoms with E-state index in [1.54, 1.807) is 16.9 Å². The summed E-state index contributed by atoms with van der Waals surface area (Å²) < 4.78 is 5.58. The molecule has 3 aromatic rings. The van der Waals surface area contributed by atoms with Crippen LogP contribution in [0.15, 0.2) is 39.9 Å². The summed E-state index contributed by atoms with van der Waals surface area (Å²) in [6.45, 7) is 4.36. The van der Waals surface area contributed by atoms with Crippen LogP contribution in [-0.4, -0.2) is 20.3 Å². The summed E-state index contributed by atoms with van der Waals surface area (Å²) in [5.41, 5.74) is 1.29. The van der Waals surface area contributed by atoms with Crippen LogP contribution in [0.25, 0.3) is 10.2 Å². The zero-order chi connectivity index (χ0) is 17.3. The number of amides is 1. The summed E-state index contributed by atoms with van der Waals surface area (Å²) in [6, 6.07) is 7.77. The summed E-state index contributed by atoms with van der Waals surface area (Å²) in [5.74, 6) is 2.25. The zero-order valence-corrected chi connectivity index (χ0v) is 15.6. The minimum Gasteiger partial charge on any atom is -0.305 e. The third-order valence-electron chi connectivity index (χ3n) is 3.45. The van der Waals surface area contributed by atoms with E-state index in [-0.39, 0.29) is 11.9 Å². The van der Waals surface area contributed by atoms with Gasteiger partial charge in [0.15, 0.2) is 10.5 Å². The van der Waals surface area contributed by atoms with Crippen molar-refractivity contribution in [1.82, 2.24) is 14.3 Å². The number of fused-ring (bicyclic) bond motifs is 1. The van der Waals surface area contributed by atoms with Crippen molar-refractivity contribution in [3.8, 4) is 12.3 Å². The van der Waals surface area contributed by atoms with Gasteiger partial charge in [0, 0.05) is 16.7 Å². The molecule has 0 spiro atoms. The highest BCUT2D eigenvalue weighted by Gasteiger charge is 2.12. The Morgan fingerprint density at radius 3 is 2.92 bits per heavy atom. The Bertz CT molecular complexity index is 1020. The number of rotatable bonds is 3. The van der Waals surface area contributed by atoms with Gasteiger partial charge >= 0.3 is 0 Å². The first-order valence-corrected chi connectivity index (χ1v) is 8.97. The quantitative estimate of drug-likeness (QED) is 0.628. The molecule has 0 saturated carbocycles. The Kier molecular flexibility index (Phi) is 4.69. The van der Waals surface area contributed by atoms with Gasteiger partial charge in [0.2, 0.25) is 0 Å². The number of thiazole rings is 1. The number of halogens is 1. The molecule has 1 amide bonds. The Morgan fingerprint density at radius 2 is 2.25 bits per heavy atom. The summed E-state index contributed by atoms with van der Waals surface area (Å²) in [5, 5.41) is 4.27. The Labute approximate surface area is 151 Å². The number of carbonyl (C=O) groups excluding carboxylic acids is 1. The second kappa shape index (κ2) is 6.75. The molecule has 24 heavy (non-hydrogen) atoms. The third-order valence-corrected chi connectivity index (χ3v) is 4.98. The highest BCUT2D eigenvalue weighted by Crippen LogP contribution is 2.22. The minimum absolute atomic E-state index is 0.194. The van der Waals surface area contributed by atoms with Crippen LogP contribution in [0.4, 0.5) is 0 Å². The van der Waals surface area contributed by atoms with Gasteiger partial charge in [0.25, 0.3) is 5.91 Å². The molecule has 0 aliphatic carbocycles. The highest BCUT2D eigenvalue weighted by atomic mass is 79.9. The molecule has 2 heterocycles. The first-order valence-electron chi connectivity index (χ1n) is 7.36. The van der Waals surface area contributed by atoms with Gasteiger partial charge in [-0.1, -0.05) is 33.2 Å². The Morgan fingerprint density at radius 1 is 1.46 bits per heavy atom. The van der Waals surface area contributed by atoms with Crippen LogP contribution in [0.2, 0.25) is 0 Å². The van der Waals surface area contributed by atoms with Crippen molar-refractivity contribution in [1.29, 1.82) is 0 Å².